The predicted molar refractivity (Wildman–Crippen MR) is 109 cm³/mol. The quantitative estimate of drug-likeness (QED) is 0.391. The van der Waals surface area contributed by atoms with Gasteiger partial charge in [0.05, 0.1) is 6.61 Å². The maximum absolute atomic E-state index is 12.4. The van der Waals surface area contributed by atoms with Crippen molar-refractivity contribution in [2.24, 2.45) is 0 Å². The number of fused-ring (bicyclic) bond motifs is 2. The van der Waals surface area contributed by atoms with Crippen molar-refractivity contribution in [2.45, 2.75) is 34.6 Å². The van der Waals surface area contributed by atoms with Crippen molar-refractivity contribution < 1.29 is 28.3 Å². The third-order valence-corrected chi connectivity index (χ3v) is 6.94. The number of nitrogens with two attached hydrogens (primary N) is 1. The summed E-state index contributed by atoms with van der Waals surface area (Å²) >= 11 is 7.22. The lowest BCUT2D eigenvalue weighted by Crippen LogP contribution is -2.39. The van der Waals surface area contributed by atoms with Crippen LogP contribution >= 0.6 is 31.2 Å². The van der Waals surface area contributed by atoms with E-state index in [1.165, 1.54) is 4.57 Å². The fraction of sp³-hybridized carbons (Fsp3) is 0.312. The highest BCUT2D eigenvalue weighted by atomic mass is 35.5. The lowest BCUT2D eigenvalue weighted by molar-refractivity contribution is -0.0684. The van der Waals surface area contributed by atoms with E-state index >= 15 is 0 Å². The lowest BCUT2D eigenvalue weighted by atomic mass is 10.1. The molecule has 2 aromatic heterocycles. The first-order valence-electron chi connectivity index (χ1n) is 8.92. The standard InChI is InChI=1S/C16H15ClN5O7PS/c17-6-2-1-3-7(4-6)31-16-19-9-12(20-15(18)21-13(9)24)22(16)14-10(23)11-8(28-14)5-27-30(25,26)29-11/h1-4,8,10-11,14,23H,5H2,(H,25,26)(H3,18,20,21,24)/t8-,10-,11-,14-/m1/s1. The van der Waals surface area contributed by atoms with Gasteiger partial charge in [-0.25, -0.2) is 9.55 Å². The zero-order valence-corrected chi connectivity index (χ0v) is 17.9. The molecule has 2 aliphatic heterocycles. The number of hydrogen-bond donors (Lipinski definition) is 4. The van der Waals surface area contributed by atoms with Crippen LogP contribution in [0.15, 0.2) is 39.1 Å². The second-order valence-electron chi connectivity index (χ2n) is 6.84. The number of aliphatic hydroxyl groups excluding tert-OH is 1. The number of nitrogens with zero attached hydrogens (tertiary/aromatic N) is 3. The Hall–Kier alpha value is -1.96. The van der Waals surface area contributed by atoms with Crippen LogP contribution in [0.4, 0.5) is 5.95 Å². The first kappa shape index (κ1) is 20.9. The molecule has 164 valence electrons. The first-order valence-corrected chi connectivity index (χ1v) is 11.6. The average Bonchev–Trinajstić information content (AvgIpc) is 3.19. The number of benzene rings is 1. The number of phosphoric ester groups is 1. The molecule has 2 aliphatic rings. The van der Waals surface area contributed by atoms with Gasteiger partial charge in [-0.05, 0) is 18.2 Å². The summed E-state index contributed by atoms with van der Waals surface area (Å²) in [5.74, 6) is -0.151. The number of rotatable bonds is 3. The van der Waals surface area contributed by atoms with Crippen molar-refractivity contribution in [3.63, 3.8) is 0 Å². The van der Waals surface area contributed by atoms with Crippen LogP contribution in [0.5, 0.6) is 0 Å². The zero-order chi connectivity index (χ0) is 21.9. The van der Waals surface area contributed by atoms with Gasteiger partial charge in [0.2, 0.25) is 5.95 Å². The molecule has 0 amide bonds. The van der Waals surface area contributed by atoms with Crippen LogP contribution in [-0.2, 0) is 18.3 Å². The SMILES string of the molecule is Nc1nc2c(nc(Sc3cccc(Cl)c3)n2[C@@H]2O[C@@H]3COP(=O)(O)O[C@H]3[C@H]2O)c(=O)[nH]1. The molecule has 1 unspecified atom stereocenters. The minimum atomic E-state index is -4.31. The second kappa shape index (κ2) is 7.57. The van der Waals surface area contributed by atoms with Gasteiger partial charge in [-0.2, -0.15) is 4.98 Å². The summed E-state index contributed by atoms with van der Waals surface area (Å²) in [5, 5.41) is 11.6. The Morgan fingerprint density at radius 1 is 1.39 bits per heavy atom. The molecule has 0 bridgehead atoms. The second-order valence-corrected chi connectivity index (χ2v) is 9.72. The number of aromatic amines is 1. The Morgan fingerprint density at radius 3 is 2.97 bits per heavy atom. The van der Waals surface area contributed by atoms with Gasteiger partial charge in [0.25, 0.3) is 5.56 Å². The van der Waals surface area contributed by atoms with Crippen LogP contribution in [-0.4, -0.2) is 54.4 Å². The summed E-state index contributed by atoms with van der Waals surface area (Å²) in [6, 6.07) is 6.95. The monoisotopic (exact) mass is 487 g/mol. The summed E-state index contributed by atoms with van der Waals surface area (Å²) in [4.78, 5) is 33.6. The summed E-state index contributed by atoms with van der Waals surface area (Å²) in [5.41, 5.74) is 5.19. The number of halogens is 1. The van der Waals surface area contributed by atoms with Crippen molar-refractivity contribution >= 4 is 48.3 Å². The Morgan fingerprint density at radius 2 is 2.19 bits per heavy atom. The van der Waals surface area contributed by atoms with Crippen LogP contribution in [0.1, 0.15) is 6.23 Å². The number of aromatic nitrogens is 4. The first-order chi connectivity index (χ1) is 14.7. The maximum Gasteiger partial charge on any atom is 0.472 e. The molecule has 0 radical (unpaired) electrons. The molecule has 5 atom stereocenters. The average molecular weight is 488 g/mol. The molecule has 12 nitrogen and oxygen atoms in total. The highest BCUT2D eigenvalue weighted by Gasteiger charge is 2.53. The number of H-pyrrole nitrogens is 1. The molecular formula is C16H15ClN5O7PS. The number of aliphatic hydroxyl groups is 1. The van der Waals surface area contributed by atoms with Crippen LogP contribution in [0.25, 0.3) is 11.2 Å². The third-order valence-electron chi connectivity index (χ3n) is 4.76. The molecule has 4 heterocycles. The van der Waals surface area contributed by atoms with Gasteiger partial charge in [0, 0.05) is 9.92 Å². The van der Waals surface area contributed by atoms with Gasteiger partial charge < -0.3 is 20.5 Å². The van der Waals surface area contributed by atoms with Crippen LogP contribution in [0.3, 0.4) is 0 Å². The number of hydrogen-bond acceptors (Lipinski definition) is 10. The van der Waals surface area contributed by atoms with Crippen LogP contribution < -0.4 is 11.3 Å². The minimum Gasteiger partial charge on any atom is -0.386 e. The van der Waals surface area contributed by atoms with Crippen molar-refractivity contribution in [2.75, 3.05) is 12.3 Å². The molecule has 3 aromatic rings. The summed E-state index contributed by atoms with van der Waals surface area (Å²) < 4.78 is 28.8. The zero-order valence-electron chi connectivity index (χ0n) is 15.4. The van der Waals surface area contributed by atoms with E-state index in [2.05, 4.69) is 15.0 Å². The molecular weight excluding hydrogens is 473 g/mol. The lowest BCUT2D eigenvalue weighted by Gasteiger charge is -2.27. The van der Waals surface area contributed by atoms with E-state index in [4.69, 9.17) is 31.1 Å². The van der Waals surface area contributed by atoms with Gasteiger partial charge in [0.1, 0.15) is 18.3 Å². The molecule has 31 heavy (non-hydrogen) atoms. The maximum atomic E-state index is 12.4. The molecule has 2 fully saturated rings. The molecule has 2 saturated heterocycles. The van der Waals surface area contributed by atoms with Crippen LogP contribution in [0.2, 0.25) is 5.02 Å². The number of anilines is 1. The van der Waals surface area contributed by atoms with Gasteiger partial charge in [-0.15, -0.1) is 0 Å². The van der Waals surface area contributed by atoms with Gasteiger partial charge in [0.15, 0.2) is 22.5 Å². The molecule has 15 heteroatoms. The normalized spacial score (nSPS) is 30.5. The smallest absolute Gasteiger partial charge is 0.386 e. The number of imidazole rings is 1. The molecule has 0 aliphatic carbocycles. The van der Waals surface area contributed by atoms with E-state index in [9.17, 15) is 19.4 Å². The predicted octanol–water partition coefficient (Wildman–Crippen LogP) is 1.28. The fourth-order valence-corrected chi connectivity index (χ4v) is 5.66. The largest absolute Gasteiger partial charge is 0.472 e. The van der Waals surface area contributed by atoms with Crippen molar-refractivity contribution in [1.82, 2.24) is 19.5 Å². The number of nitrogen functional groups attached to an aromatic ring is 1. The molecule has 1 aromatic carbocycles. The summed E-state index contributed by atoms with van der Waals surface area (Å²) in [6.45, 7) is -0.258. The fourth-order valence-electron chi connectivity index (χ4n) is 3.47. The van der Waals surface area contributed by atoms with Crippen molar-refractivity contribution in [1.29, 1.82) is 0 Å². The number of ether oxygens (including phenoxy) is 1. The van der Waals surface area contributed by atoms with Crippen molar-refractivity contribution in [3.8, 4) is 0 Å². The van der Waals surface area contributed by atoms with E-state index < -0.39 is 37.9 Å². The summed E-state index contributed by atoms with van der Waals surface area (Å²) in [7, 11) is -4.31. The Labute approximate surface area is 182 Å². The van der Waals surface area contributed by atoms with E-state index in [0.717, 1.165) is 11.8 Å². The highest BCUT2D eigenvalue weighted by molar-refractivity contribution is 7.99. The van der Waals surface area contributed by atoms with E-state index in [1.54, 1.807) is 24.3 Å². The van der Waals surface area contributed by atoms with Gasteiger partial charge in [-0.3, -0.25) is 23.4 Å². The highest BCUT2D eigenvalue weighted by Crippen LogP contribution is 2.53. The van der Waals surface area contributed by atoms with E-state index in [1.807, 2.05) is 0 Å². The molecule has 0 spiro atoms. The molecule has 5 N–H and O–H groups in total. The Balaban J connectivity index is 1.63. The van der Waals surface area contributed by atoms with E-state index in [0.29, 0.717) is 9.92 Å². The van der Waals surface area contributed by atoms with E-state index in [-0.39, 0.29) is 28.9 Å². The van der Waals surface area contributed by atoms with Gasteiger partial charge in [-0.1, -0.05) is 29.4 Å². The number of nitrogens with one attached hydrogen (secondary N) is 1. The minimum absolute atomic E-state index is 0.0191. The summed E-state index contributed by atoms with van der Waals surface area (Å²) in [6.07, 6.45) is -4.48. The number of phosphoric acid groups is 1. The molecule has 5 rings (SSSR count). The Bertz CT molecular complexity index is 1280. The third kappa shape index (κ3) is 3.77. The Kier molecular flexibility index (Phi) is 5.11. The molecule has 0 saturated carbocycles. The van der Waals surface area contributed by atoms with Crippen molar-refractivity contribution in [3.05, 3.63) is 39.6 Å². The topological polar surface area (TPSA) is 175 Å². The van der Waals surface area contributed by atoms with Crippen LogP contribution in [0, 0.1) is 0 Å². The van der Waals surface area contributed by atoms with Gasteiger partial charge >= 0.3 is 7.82 Å².